The third-order valence-corrected chi connectivity index (χ3v) is 0.709. The SMILES string of the molecule is CC(N)COC(=O)C(F)(F)F. The van der Waals surface area contributed by atoms with E-state index < -0.39 is 24.8 Å². The van der Waals surface area contributed by atoms with Gasteiger partial charge in [-0.05, 0) is 6.92 Å². The minimum Gasteiger partial charge on any atom is -0.457 e. The summed E-state index contributed by atoms with van der Waals surface area (Å²) in [5.74, 6) is -2.20. The van der Waals surface area contributed by atoms with E-state index in [0.717, 1.165) is 0 Å². The predicted molar refractivity (Wildman–Crippen MR) is 30.7 cm³/mol. The van der Waals surface area contributed by atoms with Gasteiger partial charge in [-0.15, -0.1) is 0 Å². The maximum atomic E-state index is 11.4. The number of carbonyl (C=O) groups excluding carboxylic acids is 1. The summed E-state index contributed by atoms with van der Waals surface area (Å²) in [6.07, 6.45) is -4.92. The molecule has 0 aliphatic carbocycles. The minimum absolute atomic E-state index is 0.418. The van der Waals surface area contributed by atoms with Gasteiger partial charge in [-0.25, -0.2) is 4.79 Å². The Hall–Kier alpha value is -0.780. The van der Waals surface area contributed by atoms with E-state index in [9.17, 15) is 18.0 Å². The molecule has 1 unspecified atom stereocenters. The molecule has 0 amide bonds. The molecule has 0 spiro atoms. The van der Waals surface area contributed by atoms with Crippen LogP contribution in [0.5, 0.6) is 0 Å². The Morgan fingerprint density at radius 2 is 2.09 bits per heavy atom. The van der Waals surface area contributed by atoms with Crippen LogP contribution in [0.4, 0.5) is 13.2 Å². The van der Waals surface area contributed by atoms with Crippen molar-refractivity contribution in [1.29, 1.82) is 0 Å². The predicted octanol–water partition coefficient (Wildman–Crippen LogP) is 0.439. The Morgan fingerprint density at radius 3 is 2.36 bits per heavy atom. The van der Waals surface area contributed by atoms with Gasteiger partial charge in [-0.1, -0.05) is 0 Å². The average molecular weight is 171 g/mol. The molecule has 0 aromatic rings. The molecule has 3 nitrogen and oxygen atoms in total. The summed E-state index contributed by atoms with van der Waals surface area (Å²) in [5.41, 5.74) is 5.04. The van der Waals surface area contributed by atoms with Crippen molar-refractivity contribution in [2.45, 2.75) is 19.1 Å². The monoisotopic (exact) mass is 171 g/mol. The van der Waals surface area contributed by atoms with Gasteiger partial charge in [-0.3, -0.25) is 0 Å². The summed E-state index contributed by atoms with van der Waals surface area (Å²) in [7, 11) is 0. The first kappa shape index (κ1) is 10.2. The topological polar surface area (TPSA) is 52.3 Å². The van der Waals surface area contributed by atoms with Gasteiger partial charge in [0.05, 0.1) is 0 Å². The van der Waals surface area contributed by atoms with Crippen molar-refractivity contribution >= 4 is 5.97 Å². The Morgan fingerprint density at radius 1 is 1.64 bits per heavy atom. The first-order valence-corrected chi connectivity index (χ1v) is 2.83. The highest BCUT2D eigenvalue weighted by Crippen LogP contribution is 2.16. The van der Waals surface area contributed by atoms with Crippen LogP contribution in [0.15, 0.2) is 0 Å². The standard InChI is InChI=1S/C5H8F3NO2/c1-3(9)2-11-4(10)5(6,7)8/h3H,2,9H2,1H3. The van der Waals surface area contributed by atoms with Crippen molar-refractivity contribution in [3.8, 4) is 0 Å². The van der Waals surface area contributed by atoms with E-state index in [1.54, 1.807) is 0 Å². The molecule has 0 fully saturated rings. The number of esters is 1. The van der Waals surface area contributed by atoms with Gasteiger partial charge < -0.3 is 10.5 Å². The van der Waals surface area contributed by atoms with E-state index in [1.165, 1.54) is 6.92 Å². The molecule has 1 atom stereocenters. The van der Waals surface area contributed by atoms with Crippen LogP contribution in [0.25, 0.3) is 0 Å². The maximum absolute atomic E-state index is 11.4. The van der Waals surface area contributed by atoms with Crippen molar-refractivity contribution in [3.63, 3.8) is 0 Å². The number of rotatable bonds is 2. The molecule has 0 aliphatic rings. The smallest absolute Gasteiger partial charge is 0.457 e. The Balaban J connectivity index is 3.71. The molecule has 0 radical (unpaired) electrons. The highest BCUT2D eigenvalue weighted by atomic mass is 19.4. The molecule has 2 N–H and O–H groups in total. The van der Waals surface area contributed by atoms with Crippen LogP contribution in [-0.2, 0) is 9.53 Å². The van der Waals surface area contributed by atoms with Crippen molar-refractivity contribution in [2.75, 3.05) is 6.61 Å². The largest absolute Gasteiger partial charge is 0.490 e. The quantitative estimate of drug-likeness (QED) is 0.613. The van der Waals surface area contributed by atoms with Gasteiger partial charge in [0.25, 0.3) is 0 Å². The lowest BCUT2D eigenvalue weighted by Gasteiger charge is -2.08. The molecule has 11 heavy (non-hydrogen) atoms. The molecule has 0 rings (SSSR count). The molecule has 0 heterocycles. The van der Waals surface area contributed by atoms with Gasteiger partial charge >= 0.3 is 12.1 Å². The van der Waals surface area contributed by atoms with E-state index in [4.69, 9.17) is 5.73 Å². The molecule has 6 heteroatoms. The molecule has 0 aliphatic heterocycles. The number of nitrogens with two attached hydrogens (primary N) is 1. The molecule has 0 aromatic heterocycles. The summed E-state index contributed by atoms with van der Waals surface area (Å²) < 4.78 is 37.9. The highest BCUT2D eigenvalue weighted by molar-refractivity contribution is 5.75. The van der Waals surface area contributed by atoms with E-state index in [0.29, 0.717) is 0 Å². The minimum atomic E-state index is -4.92. The van der Waals surface area contributed by atoms with Crippen molar-refractivity contribution in [2.24, 2.45) is 5.73 Å². The number of hydrogen-bond donors (Lipinski definition) is 1. The molecule has 0 saturated heterocycles. The fraction of sp³-hybridized carbons (Fsp3) is 0.800. The van der Waals surface area contributed by atoms with Crippen molar-refractivity contribution in [1.82, 2.24) is 0 Å². The van der Waals surface area contributed by atoms with E-state index in [1.807, 2.05) is 0 Å². The van der Waals surface area contributed by atoms with Gasteiger partial charge in [0.1, 0.15) is 6.61 Å². The third kappa shape index (κ3) is 4.60. The fourth-order valence-corrected chi connectivity index (χ4v) is 0.289. The second kappa shape index (κ2) is 3.56. The molecule has 0 bridgehead atoms. The molecule has 0 aromatic carbocycles. The maximum Gasteiger partial charge on any atom is 0.490 e. The number of carbonyl (C=O) groups is 1. The van der Waals surface area contributed by atoms with Gasteiger partial charge in [-0.2, -0.15) is 13.2 Å². The summed E-state index contributed by atoms with van der Waals surface area (Å²) in [4.78, 5) is 9.97. The summed E-state index contributed by atoms with van der Waals surface area (Å²) >= 11 is 0. The summed E-state index contributed by atoms with van der Waals surface area (Å²) in [5, 5.41) is 0. The van der Waals surface area contributed by atoms with Crippen LogP contribution in [-0.4, -0.2) is 24.8 Å². The molecular weight excluding hydrogens is 163 g/mol. The van der Waals surface area contributed by atoms with Crippen LogP contribution < -0.4 is 5.73 Å². The number of halogens is 3. The molecular formula is C5H8F3NO2. The van der Waals surface area contributed by atoms with Crippen LogP contribution in [0, 0.1) is 0 Å². The molecule has 0 saturated carbocycles. The zero-order valence-corrected chi connectivity index (χ0v) is 5.81. The highest BCUT2D eigenvalue weighted by Gasteiger charge is 2.40. The first-order valence-electron chi connectivity index (χ1n) is 2.83. The van der Waals surface area contributed by atoms with Crippen LogP contribution in [0.3, 0.4) is 0 Å². The number of ether oxygens (including phenoxy) is 1. The Bertz CT molecular complexity index is 143. The second-order valence-corrected chi connectivity index (χ2v) is 2.07. The Kier molecular flexibility index (Phi) is 3.31. The first-order chi connectivity index (χ1) is 4.84. The van der Waals surface area contributed by atoms with Crippen molar-refractivity contribution < 1.29 is 22.7 Å². The van der Waals surface area contributed by atoms with Crippen LogP contribution in [0.1, 0.15) is 6.92 Å². The van der Waals surface area contributed by atoms with E-state index >= 15 is 0 Å². The lowest BCUT2D eigenvalue weighted by atomic mass is 10.4. The lowest BCUT2D eigenvalue weighted by Crippen LogP contribution is -2.31. The lowest BCUT2D eigenvalue weighted by molar-refractivity contribution is -0.200. The molecule has 66 valence electrons. The van der Waals surface area contributed by atoms with Crippen LogP contribution >= 0.6 is 0 Å². The zero-order chi connectivity index (χ0) is 9.07. The third-order valence-electron chi connectivity index (χ3n) is 0.709. The van der Waals surface area contributed by atoms with E-state index in [2.05, 4.69) is 4.74 Å². The Labute approximate surface area is 61.3 Å². The van der Waals surface area contributed by atoms with Gasteiger partial charge in [0.2, 0.25) is 0 Å². The second-order valence-electron chi connectivity index (χ2n) is 2.07. The van der Waals surface area contributed by atoms with E-state index in [-0.39, 0.29) is 0 Å². The average Bonchev–Trinajstić information content (AvgIpc) is 1.80. The summed E-state index contributed by atoms with van der Waals surface area (Å²) in [6.45, 7) is 1.02. The van der Waals surface area contributed by atoms with Gasteiger partial charge in [0, 0.05) is 6.04 Å². The zero-order valence-electron chi connectivity index (χ0n) is 5.81. The van der Waals surface area contributed by atoms with Crippen molar-refractivity contribution in [3.05, 3.63) is 0 Å². The number of alkyl halides is 3. The fourth-order valence-electron chi connectivity index (χ4n) is 0.289. The van der Waals surface area contributed by atoms with Crippen LogP contribution in [0.2, 0.25) is 0 Å². The normalized spacial score (nSPS) is 14.3. The van der Waals surface area contributed by atoms with Gasteiger partial charge in [0.15, 0.2) is 0 Å². The number of hydrogen-bond acceptors (Lipinski definition) is 3. The summed E-state index contributed by atoms with van der Waals surface area (Å²) in [6, 6.07) is -0.582.